The third kappa shape index (κ3) is 4.71. The van der Waals surface area contributed by atoms with Crippen LogP contribution < -0.4 is 4.90 Å². The minimum absolute atomic E-state index is 0.0499. The van der Waals surface area contributed by atoms with Crippen LogP contribution >= 0.6 is 11.8 Å². The van der Waals surface area contributed by atoms with Gasteiger partial charge in [-0.25, -0.2) is 8.42 Å². The molecule has 2 aliphatic heterocycles. The Bertz CT molecular complexity index is 887. The van der Waals surface area contributed by atoms with Gasteiger partial charge in [-0.1, -0.05) is 63.4 Å². The molecular weight excluding hydrogens is 404 g/mol. The monoisotopic (exact) mass is 434 g/mol. The summed E-state index contributed by atoms with van der Waals surface area (Å²) in [7, 11) is -3.04. The van der Waals surface area contributed by atoms with E-state index in [1.165, 1.54) is 43.0 Å². The molecule has 0 spiro atoms. The van der Waals surface area contributed by atoms with Crippen molar-refractivity contribution in [2.24, 2.45) is 10.9 Å². The van der Waals surface area contributed by atoms with Gasteiger partial charge in [0.05, 0.1) is 17.5 Å². The number of amides is 1. The molecule has 158 valence electrons. The quantitative estimate of drug-likeness (QED) is 0.688. The maximum Gasteiger partial charge on any atom is 0.248 e. The second kappa shape index (κ2) is 8.42. The molecule has 3 fully saturated rings. The zero-order valence-electron chi connectivity index (χ0n) is 17.2. The number of nitrogens with zero attached hydrogens (tertiary/aromatic N) is 2. The third-order valence-corrected chi connectivity index (χ3v) is 9.58. The molecule has 1 saturated carbocycles. The van der Waals surface area contributed by atoms with Crippen molar-refractivity contribution in [3.63, 3.8) is 0 Å². The van der Waals surface area contributed by atoms with Crippen LogP contribution in [0.2, 0.25) is 0 Å². The Balaban J connectivity index is 1.55. The molecule has 2 saturated heterocycles. The van der Waals surface area contributed by atoms with Crippen molar-refractivity contribution in [1.82, 2.24) is 0 Å². The van der Waals surface area contributed by atoms with Crippen molar-refractivity contribution in [3.05, 3.63) is 29.8 Å². The molecular formula is C22H30N2O3S2. The van der Waals surface area contributed by atoms with E-state index in [1.54, 1.807) is 0 Å². The van der Waals surface area contributed by atoms with Crippen molar-refractivity contribution < 1.29 is 13.2 Å². The predicted molar refractivity (Wildman–Crippen MR) is 120 cm³/mol. The summed E-state index contributed by atoms with van der Waals surface area (Å²) < 4.78 is 24.4. The average molecular weight is 435 g/mol. The molecule has 0 bridgehead atoms. The van der Waals surface area contributed by atoms with E-state index in [-0.39, 0.29) is 28.7 Å². The van der Waals surface area contributed by atoms with Crippen LogP contribution in [0.3, 0.4) is 0 Å². The third-order valence-electron chi connectivity index (χ3n) is 6.37. The molecule has 2 atom stereocenters. The number of carbonyl (C=O) groups excluding carboxylic acids is 1. The van der Waals surface area contributed by atoms with E-state index in [0.29, 0.717) is 23.4 Å². The van der Waals surface area contributed by atoms with Crippen LogP contribution in [-0.4, -0.2) is 42.3 Å². The lowest BCUT2D eigenvalue weighted by molar-refractivity contribution is -0.118. The van der Waals surface area contributed by atoms with Gasteiger partial charge >= 0.3 is 0 Å². The first-order valence-corrected chi connectivity index (χ1v) is 13.4. The van der Waals surface area contributed by atoms with E-state index < -0.39 is 9.84 Å². The van der Waals surface area contributed by atoms with Gasteiger partial charge < -0.3 is 4.90 Å². The van der Waals surface area contributed by atoms with Crippen molar-refractivity contribution in [3.8, 4) is 0 Å². The van der Waals surface area contributed by atoms with Crippen LogP contribution in [-0.2, 0) is 14.6 Å². The summed E-state index contributed by atoms with van der Waals surface area (Å²) >= 11 is 1.46. The summed E-state index contributed by atoms with van der Waals surface area (Å²) in [6, 6.07) is 8.09. The molecule has 0 radical (unpaired) electrons. The highest BCUT2D eigenvalue weighted by atomic mass is 32.2. The van der Waals surface area contributed by atoms with Gasteiger partial charge in [-0.15, -0.1) is 0 Å². The summed E-state index contributed by atoms with van der Waals surface area (Å²) in [5.41, 5.74) is 2.16. The molecule has 1 aromatic carbocycles. The minimum Gasteiger partial charge on any atom is -0.316 e. The summed E-state index contributed by atoms with van der Waals surface area (Å²) in [6.45, 7) is 4.30. The second-order valence-electron chi connectivity index (χ2n) is 8.89. The van der Waals surface area contributed by atoms with Gasteiger partial charge in [0.2, 0.25) is 5.91 Å². The Morgan fingerprint density at radius 3 is 2.52 bits per heavy atom. The van der Waals surface area contributed by atoms with E-state index in [0.717, 1.165) is 12.1 Å². The van der Waals surface area contributed by atoms with E-state index in [4.69, 9.17) is 0 Å². The van der Waals surface area contributed by atoms with Gasteiger partial charge in [0.25, 0.3) is 0 Å². The Morgan fingerprint density at radius 1 is 1.17 bits per heavy atom. The van der Waals surface area contributed by atoms with E-state index >= 15 is 0 Å². The normalized spacial score (nSPS) is 27.8. The maximum absolute atomic E-state index is 12.6. The molecule has 29 heavy (non-hydrogen) atoms. The van der Waals surface area contributed by atoms with E-state index in [9.17, 15) is 13.2 Å². The zero-order valence-corrected chi connectivity index (χ0v) is 18.8. The molecule has 1 aromatic rings. The highest BCUT2D eigenvalue weighted by molar-refractivity contribution is 8.16. The first kappa shape index (κ1) is 20.9. The van der Waals surface area contributed by atoms with Gasteiger partial charge in [-0.3, -0.25) is 4.79 Å². The number of amidine groups is 1. The number of thioether (sulfide) groups is 1. The fourth-order valence-electron chi connectivity index (χ4n) is 4.68. The largest absolute Gasteiger partial charge is 0.316 e. The molecule has 1 amide bonds. The molecule has 3 aliphatic rings. The van der Waals surface area contributed by atoms with Gasteiger partial charge in [-0.05, 0) is 36.0 Å². The molecule has 0 N–H and O–H groups in total. The number of carbonyl (C=O) groups is 1. The van der Waals surface area contributed by atoms with E-state index in [1.807, 2.05) is 17.0 Å². The van der Waals surface area contributed by atoms with Gasteiger partial charge in [0, 0.05) is 17.4 Å². The summed E-state index contributed by atoms with van der Waals surface area (Å²) in [5.74, 6) is 1.32. The smallest absolute Gasteiger partial charge is 0.248 e. The summed E-state index contributed by atoms with van der Waals surface area (Å²) in [6.07, 6.45) is 6.43. The van der Waals surface area contributed by atoms with Crippen LogP contribution in [0.25, 0.3) is 0 Å². The van der Waals surface area contributed by atoms with Gasteiger partial charge in [0.1, 0.15) is 0 Å². The minimum atomic E-state index is -3.04. The SMILES string of the molecule is CC(C)c1ccc(N2C(=NC(=O)CCC3CCCC3)S[C@H]3CS(=O)(=O)C[C@@H]32)cc1. The predicted octanol–water partition coefficient (Wildman–Crippen LogP) is 4.38. The second-order valence-corrected chi connectivity index (χ2v) is 12.3. The van der Waals surface area contributed by atoms with Crippen LogP contribution in [0.1, 0.15) is 63.9 Å². The lowest BCUT2D eigenvalue weighted by Crippen LogP contribution is -2.37. The molecule has 1 aliphatic carbocycles. The van der Waals surface area contributed by atoms with Crippen molar-refractivity contribution in [2.75, 3.05) is 16.4 Å². The molecule has 7 heteroatoms. The van der Waals surface area contributed by atoms with Crippen molar-refractivity contribution in [2.45, 2.75) is 69.6 Å². The Kier molecular flexibility index (Phi) is 6.07. The molecule has 0 aromatic heterocycles. The van der Waals surface area contributed by atoms with Gasteiger partial charge in [-0.2, -0.15) is 4.99 Å². The Hall–Kier alpha value is -1.34. The topological polar surface area (TPSA) is 66.8 Å². The number of rotatable bonds is 5. The standard InChI is InChI=1S/C22H30N2O3S2/c1-15(2)17-8-10-18(11-9-17)24-19-13-29(26,27)14-20(19)28-22(24)23-21(25)12-7-16-5-3-4-6-16/h8-11,15-16,19-20H,3-7,12-14H2,1-2H3/t19-,20-/m0/s1. The van der Waals surface area contributed by atoms with Crippen molar-refractivity contribution >= 4 is 38.4 Å². The molecule has 2 heterocycles. The number of anilines is 1. The number of fused-ring (bicyclic) bond motifs is 1. The Morgan fingerprint density at radius 2 is 1.86 bits per heavy atom. The first-order valence-electron chi connectivity index (χ1n) is 10.7. The fraction of sp³-hybridized carbons (Fsp3) is 0.636. The average Bonchev–Trinajstić information content (AvgIpc) is 3.34. The fourth-order valence-corrected chi connectivity index (χ4v) is 8.61. The number of benzene rings is 1. The van der Waals surface area contributed by atoms with Crippen LogP contribution in [0.5, 0.6) is 0 Å². The number of hydrogen-bond acceptors (Lipinski definition) is 4. The summed E-state index contributed by atoms with van der Waals surface area (Å²) in [4.78, 5) is 19.0. The van der Waals surface area contributed by atoms with Gasteiger partial charge in [0.15, 0.2) is 15.0 Å². The Labute approximate surface area is 178 Å². The summed E-state index contributed by atoms with van der Waals surface area (Å²) in [5, 5.41) is 0.620. The van der Waals surface area contributed by atoms with Crippen molar-refractivity contribution in [1.29, 1.82) is 0 Å². The highest BCUT2D eigenvalue weighted by Crippen LogP contribution is 2.41. The molecule has 0 unspecified atom stereocenters. The van der Waals surface area contributed by atoms with Crippen LogP contribution in [0.4, 0.5) is 5.69 Å². The molecule has 5 nitrogen and oxygen atoms in total. The number of sulfone groups is 1. The maximum atomic E-state index is 12.6. The highest BCUT2D eigenvalue weighted by Gasteiger charge is 2.49. The van der Waals surface area contributed by atoms with E-state index in [2.05, 4.69) is 31.0 Å². The van der Waals surface area contributed by atoms with Crippen LogP contribution in [0.15, 0.2) is 29.3 Å². The first-order chi connectivity index (χ1) is 13.8. The zero-order chi connectivity index (χ0) is 20.6. The number of aliphatic imine (C=N–C) groups is 1. The number of hydrogen-bond donors (Lipinski definition) is 0. The van der Waals surface area contributed by atoms with Crippen LogP contribution in [0, 0.1) is 5.92 Å². The lowest BCUT2D eigenvalue weighted by Gasteiger charge is -2.25. The molecule has 4 rings (SSSR count). The lowest BCUT2D eigenvalue weighted by atomic mass is 10.0.